The van der Waals surface area contributed by atoms with E-state index in [-0.39, 0.29) is 0 Å². The van der Waals surface area contributed by atoms with Gasteiger partial charge in [-0.3, -0.25) is 4.98 Å². The third-order valence-electron chi connectivity index (χ3n) is 5.14. The molecule has 0 spiro atoms. The Labute approximate surface area is 161 Å². The fraction of sp³-hybridized carbons (Fsp3) is 0.450. The zero-order valence-corrected chi connectivity index (χ0v) is 16.7. The van der Waals surface area contributed by atoms with Crippen LogP contribution in [0.25, 0.3) is 0 Å². The third kappa shape index (κ3) is 3.86. The number of hydrogen-bond donors (Lipinski definition) is 0. The van der Waals surface area contributed by atoms with Gasteiger partial charge < -0.3 is 9.47 Å². The monoisotopic (exact) mass is 386 g/mol. The van der Waals surface area contributed by atoms with Gasteiger partial charge in [0.25, 0.3) is 0 Å². The van der Waals surface area contributed by atoms with Crippen LogP contribution in [0.4, 0.5) is 5.69 Å². The Morgan fingerprint density at radius 1 is 0.852 bits per heavy atom. The molecule has 6 nitrogen and oxygen atoms in total. The minimum absolute atomic E-state index is 0.750. The first-order valence-electron chi connectivity index (χ1n) is 9.55. The van der Waals surface area contributed by atoms with Gasteiger partial charge in [0.05, 0.1) is 32.1 Å². The molecule has 2 aromatic rings. The first kappa shape index (κ1) is 18.8. The number of nitrogens with zero attached hydrogens (tertiary/aromatic N) is 4. The van der Waals surface area contributed by atoms with Gasteiger partial charge in [-0.1, -0.05) is 18.2 Å². The minimum atomic E-state index is -2.16. The first-order chi connectivity index (χ1) is 13.3. The minimum Gasteiger partial charge on any atom is -0.379 e. The summed E-state index contributed by atoms with van der Waals surface area (Å²) in [6.45, 7) is 8.71. The number of aryl methyl sites for hydroxylation is 1. The topological polar surface area (TPSA) is 50.2 Å². The molecule has 0 aliphatic carbocycles. The molecule has 2 saturated heterocycles. The van der Waals surface area contributed by atoms with Gasteiger partial charge in [-0.25, -0.2) is 14.1 Å². The van der Waals surface area contributed by atoms with E-state index in [4.69, 9.17) is 14.2 Å². The highest BCUT2D eigenvalue weighted by Crippen LogP contribution is 2.58. The van der Waals surface area contributed by atoms with Crippen LogP contribution in [0.2, 0.25) is 0 Å². The lowest BCUT2D eigenvalue weighted by atomic mass is 10.2. The van der Waals surface area contributed by atoms with Gasteiger partial charge in [-0.05, 0) is 30.7 Å². The van der Waals surface area contributed by atoms with Gasteiger partial charge in [0.1, 0.15) is 7.36 Å². The second-order valence-corrected chi connectivity index (χ2v) is 9.78. The van der Waals surface area contributed by atoms with Crippen molar-refractivity contribution >= 4 is 18.3 Å². The highest BCUT2D eigenvalue weighted by Gasteiger charge is 2.38. The van der Waals surface area contributed by atoms with Crippen LogP contribution < -0.4 is 5.30 Å². The molecule has 1 aromatic carbocycles. The van der Waals surface area contributed by atoms with E-state index in [9.17, 15) is 0 Å². The molecule has 4 rings (SSSR count). The molecule has 7 heteroatoms. The third-order valence-corrected chi connectivity index (χ3v) is 9.00. The first-order valence-corrected chi connectivity index (χ1v) is 11.2. The molecule has 3 heterocycles. The van der Waals surface area contributed by atoms with Crippen molar-refractivity contribution in [2.45, 2.75) is 6.92 Å². The quantitative estimate of drug-likeness (QED) is 0.756. The second-order valence-electron chi connectivity index (χ2n) is 6.79. The van der Waals surface area contributed by atoms with Crippen LogP contribution in [0.15, 0.2) is 53.5 Å². The number of hydrogen-bond acceptors (Lipinski definition) is 4. The van der Waals surface area contributed by atoms with Crippen molar-refractivity contribution in [2.75, 3.05) is 52.6 Å². The maximum absolute atomic E-state index is 5.67. The molecule has 2 aliphatic rings. The second kappa shape index (κ2) is 8.63. The normalized spacial score (nSPS) is 19.7. The molecule has 0 saturated carbocycles. The van der Waals surface area contributed by atoms with Crippen molar-refractivity contribution in [3.63, 3.8) is 0 Å². The summed E-state index contributed by atoms with van der Waals surface area (Å²) in [5, 5.41) is 1.25. The Morgan fingerprint density at radius 2 is 1.41 bits per heavy atom. The van der Waals surface area contributed by atoms with Crippen LogP contribution in [-0.4, -0.2) is 66.9 Å². The number of rotatable bonds is 4. The molecule has 1 aromatic heterocycles. The maximum Gasteiger partial charge on any atom is 0.133 e. The summed E-state index contributed by atoms with van der Waals surface area (Å²) >= 11 is 0. The number of ether oxygens (including phenoxy) is 2. The summed E-state index contributed by atoms with van der Waals surface area (Å²) < 4.78 is 22.0. The van der Waals surface area contributed by atoms with Crippen LogP contribution in [0, 0.1) is 6.92 Å². The van der Waals surface area contributed by atoms with E-state index >= 15 is 0 Å². The van der Waals surface area contributed by atoms with Crippen molar-refractivity contribution in [2.24, 2.45) is 4.74 Å². The van der Waals surface area contributed by atoms with E-state index in [1.165, 1.54) is 10.9 Å². The van der Waals surface area contributed by atoms with Crippen LogP contribution in [0.3, 0.4) is 0 Å². The van der Waals surface area contributed by atoms with Crippen molar-refractivity contribution in [3.05, 3.63) is 54.4 Å². The van der Waals surface area contributed by atoms with E-state index in [1.54, 1.807) is 0 Å². The lowest BCUT2D eigenvalue weighted by molar-refractivity contribution is 0.0579. The van der Waals surface area contributed by atoms with Crippen molar-refractivity contribution in [3.8, 4) is 0 Å². The Balaban J connectivity index is 1.94. The smallest absolute Gasteiger partial charge is 0.133 e. The predicted molar refractivity (Wildman–Crippen MR) is 109 cm³/mol. The van der Waals surface area contributed by atoms with E-state index in [1.807, 2.05) is 12.4 Å². The standard InChI is InChI=1S/C20H27N4O2P/c1-18-4-2-3-5-20(18)22-27(19-6-8-21-9-7-19,23-10-14-25-15-11-23)24-12-16-26-17-13-24/h2-9H,10-17H2,1H3. The van der Waals surface area contributed by atoms with E-state index in [0.29, 0.717) is 0 Å². The predicted octanol–water partition coefficient (Wildman–Crippen LogP) is 3.04. The number of morpholine rings is 2. The molecule has 144 valence electrons. The average Bonchev–Trinajstić information content (AvgIpc) is 2.75. The van der Waals surface area contributed by atoms with E-state index < -0.39 is 7.36 Å². The van der Waals surface area contributed by atoms with Crippen LogP contribution in [0.5, 0.6) is 0 Å². The molecule has 0 bridgehead atoms. The average molecular weight is 386 g/mol. The Bertz CT molecular complexity index is 781. The number of benzene rings is 1. The molecule has 27 heavy (non-hydrogen) atoms. The summed E-state index contributed by atoms with van der Waals surface area (Å²) in [5.74, 6) is 0. The van der Waals surface area contributed by atoms with E-state index in [0.717, 1.165) is 58.3 Å². The SMILES string of the molecule is Cc1ccccc1N=P(c1ccncc1)(N1CCOCC1)N1CCOCC1. The molecular formula is C20H27N4O2P. The molecular weight excluding hydrogens is 359 g/mol. The Hall–Kier alpha value is -1.56. The summed E-state index contributed by atoms with van der Waals surface area (Å²) in [6.07, 6.45) is 3.77. The van der Waals surface area contributed by atoms with Crippen molar-refractivity contribution in [1.82, 2.24) is 14.3 Å². The maximum atomic E-state index is 5.67. The van der Waals surface area contributed by atoms with Gasteiger partial charge in [0.2, 0.25) is 0 Å². The number of pyridine rings is 1. The summed E-state index contributed by atoms with van der Waals surface area (Å²) in [7, 11) is -2.16. The van der Waals surface area contributed by atoms with Gasteiger partial charge in [0.15, 0.2) is 0 Å². The molecule has 2 fully saturated rings. The highest BCUT2D eigenvalue weighted by molar-refractivity contribution is 7.69. The Morgan fingerprint density at radius 3 is 1.96 bits per heavy atom. The van der Waals surface area contributed by atoms with Gasteiger partial charge in [0, 0.05) is 43.9 Å². The largest absolute Gasteiger partial charge is 0.379 e. The zero-order chi connectivity index (χ0) is 18.5. The van der Waals surface area contributed by atoms with Crippen LogP contribution in [0.1, 0.15) is 5.56 Å². The van der Waals surface area contributed by atoms with Gasteiger partial charge in [-0.2, -0.15) is 0 Å². The summed E-state index contributed by atoms with van der Waals surface area (Å²) in [5.41, 5.74) is 2.28. The van der Waals surface area contributed by atoms with Gasteiger partial charge >= 0.3 is 0 Å². The molecule has 0 atom stereocenters. The lowest BCUT2D eigenvalue weighted by Gasteiger charge is -2.46. The molecule has 0 unspecified atom stereocenters. The summed E-state index contributed by atoms with van der Waals surface area (Å²) in [6, 6.07) is 12.7. The van der Waals surface area contributed by atoms with Crippen molar-refractivity contribution in [1.29, 1.82) is 0 Å². The molecule has 0 amide bonds. The fourth-order valence-corrected chi connectivity index (χ4v) is 7.60. The summed E-state index contributed by atoms with van der Waals surface area (Å²) in [4.78, 5) is 4.26. The lowest BCUT2D eigenvalue weighted by Crippen LogP contribution is -2.46. The van der Waals surface area contributed by atoms with Crippen LogP contribution in [-0.2, 0) is 9.47 Å². The van der Waals surface area contributed by atoms with Crippen LogP contribution >= 0.6 is 7.36 Å². The number of aromatic nitrogens is 1. The van der Waals surface area contributed by atoms with E-state index in [2.05, 4.69) is 57.6 Å². The van der Waals surface area contributed by atoms with Crippen molar-refractivity contribution < 1.29 is 9.47 Å². The Kier molecular flexibility index (Phi) is 6.01. The molecule has 2 aliphatic heterocycles. The zero-order valence-electron chi connectivity index (χ0n) is 15.8. The fourth-order valence-electron chi connectivity index (χ4n) is 3.72. The highest BCUT2D eigenvalue weighted by atomic mass is 31.2. The molecule has 0 radical (unpaired) electrons. The van der Waals surface area contributed by atoms with Gasteiger partial charge in [-0.15, -0.1) is 0 Å². The molecule has 0 N–H and O–H groups in total.